The zero-order chi connectivity index (χ0) is 15.6. The largest absolute Gasteiger partial charge is 0.401 e. The first-order chi connectivity index (χ1) is 8.96. The minimum absolute atomic E-state index is 0.000228. The van der Waals surface area contributed by atoms with Crippen LogP contribution in [-0.2, 0) is 4.79 Å². The van der Waals surface area contributed by atoms with E-state index in [4.69, 9.17) is 0 Å². The van der Waals surface area contributed by atoms with Crippen molar-refractivity contribution in [3.8, 4) is 0 Å². The number of likely N-dealkylation sites (tertiary alicyclic amines) is 1. The Hall–Kier alpha value is -0.990. The van der Waals surface area contributed by atoms with E-state index in [-0.39, 0.29) is 19.5 Å². The van der Waals surface area contributed by atoms with Crippen molar-refractivity contribution in [3.05, 3.63) is 0 Å². The van der Waals surface area contributed by atoms with Gasteiger partial charge < -0.3 is 10.2 Å². The summed E-state index contributed by atoms with van der Waals surface area (Å²) in [5.74, 6) is -1.31. The first kappa shape index (κ1) is 17.1. The zero-order valence-corrected chi connectivity index (χ0v) is 10.8. The van der Waals surface area contributed by atoms with Crippen LogP contribution in [0.25, 0.3) is 0 Å². The number of halogens is 6. The Morgan fingerprint density at radius 1 is 1.15 bits per heavy atom. The Morgan fingerprint density at radius 3 is 2.20 bits per heavy atom. The van der Waals surface area contributed by atoms with E-state index in [2.05, 4.69) is 5.32 Å². The number of rotatable bonds is 3. The van der Waals surface area contributed by atoms with E-state index in [0.29, 0.717) is 0 Å². The first-order valence-corrected chi connectivity index (χ1v) is 6.08. The number of piperidine rings is 1. The molecule has 9 heteroatoms. The maximum Gasteiger partial charge on any atom is 0.401 e. The van der Waals surface area contributed by atoms with Crippen molar-refractivity contribution in [2.24, 2.45) is 5.92 Å². The Kier molecular flexibility index (Phi) is 5.28. The van der Waals surface area contributed by atoms with Gasteiger partial charge in [0.2, 0.25) is 5.91 Å². The van der Waals surface area contributed by atoms with Crippen LogP contribution in [0.5, 0.6) is 0 Å². The van der Waals surface area contributed by atoms with Crippen molar-refractivity contribution in [1.82, 2.24) is 10.2 Å². The van der Waals surface area contributed by atoms with Crippen molar-refractivity contribution in [2.75, 3.05) is 19.6 Å². The fraction of sp³-hybridized carbons (Fsp3) is 0.909. The molecule has 0 spiro atoms. The molecule has 0 bridgehead atoms. The fourth-order valence-electron chi connectivity index (χ4n) is 2.34. The monoisotopic (exact) mass is 306 g/mol. The standard InChI is InChI=1S/C11H16F6N2O/c1-7(20)19-4-8(3-10(12,13)14)2-9(5-19)18-6-11(15,16)17/h8-9,18H,2-6H2,1H3. The number of nitrogens with zero attached hydrogens (tertiary/aromatic N) is 1. The topological polar surface area (TPSA) is 32.3 Å². The molecular formula is C11H16F6N2O. The molecule has 118 valence electrons. The molecule has 0 saturated carbocycles. The van der Waals surface area contributed by atoms with E-state index < -0.39 is 43.2 Å². The summed E-state index contributed by atoms with van der Waals surface area (Å²) < 4.78 is 73.4. The fourth-order valence-corrected chi connectivity index (χ4v) is 2.34. The molecule has 0 aliphatic carbocycles. The third-order valence-corrected chi connectivity index (χ3v) is 3.09. The van der Waals surface area contributed by atoms with Gasteiger partial charge in [0.15, 0.2) is 0 Å². The highest BCUT2D eigenvalue weighted by Gasteiger charge is 2.38. The SMILES string of the molecule is CC(=O)N1CC(CC(F)(F)F)CC(NCC(F)(F)F)C1. The molecule has 2 atom stereocenters. The second-order valence-electron chi connectivity index (χ2n) is 5.04. The summed E-state index contributed by atoms with van der Waals surface area (Å²) in [5.41, 5.74) is 0. The summed E-state index contributed by atoms with van der Waals surface area (Å²) in [6.45, 7) is -0.155. The van der Waals surface area contributed by atoms with Crippen molar-refractivity contribution in [3.63, 3.8) is 0 Å². The van der Waals surface area contributed by atoms with Crippen LogP contribution < -0.4 is 5.32 Å². The maximum atomic E-state index is 12.4. The predicted molar refractivity (Wildman–Crippen MR) is 58.9 cm³/mol. The van der Waals surface area contributed by atoms with Crippen molar-refractivity contribution >= 4 is 5.91 Å². The molecule has 2 unspecified atom stereocenters. The lowest BCUT2D eigenvalue weighted by Gasteiger charge is -2.38. The average molecular weight is 306 g/mol. The molecule has 1 fully saturated rings. The molecule has 1 aliphatic rings. The summed E-state index contributed by atoms with van der Waals surface area (Å²) in [5, 5.41) is 2.18. The van der Waals surface area contributed by atoms with Gasteiger partial charge in [-0.25, -0.2) is 0 Å². The predicted octanol–water partition coefficient (Wildman–Crippen LogP) is 2.33. The highest BCUT2D eigenvalue weighted by Crippen LogP contribution is 2.30. The summed E-state index contributed by atoms with van der Waals surface area (Å²) in [6.07, 6.45) is -9.95. The van der Waals surface area contributed by atoms with E-state index in [1.807, 2.05) is 0 Å². The highest BCUT2D eigenvalue weighted by atomic mass is 19.4. The number of carbonyl (C=O) groups is 1. The first-order valence-electron chi connectivity index (χ1n) is 6.08. The second-order valence-corrected chi connectivity index (χ2v) is 5.04. The lowest BCUT2D eigenvalue weighted by Crippen LogP contribution is -2.52. The minimum atomic E-state index is -4.43. The van der Waals surface area contributed by atoms with Gasteiger partial charge >= 0.3 is 12.4 Å². The summed E-state index contributed by atoms with van der Waals surface area (Å²) in [6, 6.07) is -0.776. The van der Waals surface area contributed by atoms with Gasteiger partial charge in [-0.3, -0.25) is 4.79 Å². The zero-order valence-electron chi connectivity index (χ0n) is 10.8. The van der Waals surface area contributed by atoms with Crippen LogP contribution in [0.2, 0.25) is 0 Å². The molecule has 20 heavy (non-hydrogen) atoms. The summed E-state index contributed by atoms with van der Waals surface area (Å²) in [7, 11) is 0. The van der Waals surface area contributed by atoms with E-state index in [0.717, 1.165) is 4.90 Å². The number of alkyl halides is 6. The van der Waals surface area contributed by atoms with Crippen LogP contribution in [0.15, 0.2) is 0 Å². The molecule has 1 saturated heterocycles. The van der Waals surface area contributed by atoms with Crippen LogP contribution in [0, 0.1) is 5.92 Å². The smallest absolute Gasteiger partial charge is 0.341 e. The minimum Gasteiger partial charge on any atom is -0.341 e. The third-order valence-electron chi connectivity index (χ3n) is 3.09. The van der Waals surface area contributed by atoms with Crippen molar-refractivity contribution in [2.45, 2.75) is 38.2 Å². The van der Waals surface area contributed by atoms with Gasteiger partial charge in [-0.2, -0.15) is 26.3 Å². The van der Waals surface area contributed by atoms with E-state index >= 15 is 0 Å². The summed E-state index contributed by atoms with van der Waals surface area (Å²) in [4.78, 5) is 12.4. The van der Waals surface area contributed by atoms with Crippen LogP contribution in [-0.4, -0.2) is 48.8 Å². The number of hydrogen-bond acceptors (Lipinski definition) is 2. The second kappa shape index (κ2) is 6.19. The van der Waals surface area contributed by atoms with Crippen LogP contribution in [0.1, 0.15) is 19.8 Å². The van der Waals surface area contributed by atoms with Gasteiger partial charge in [0.25, 0.3) is 0 Å². The third kappa shape index (κ3) is 6.44. The molecular weight excluding hydrogens is 290 g/mol. The van der Waals surface area contributed by atoms with Crippen molar-refractivity contribution < 1.29 is 31.1 Å². The van der Waals surface area contributed by atoms with E-state index in [1.54, 1.807) is 0 Å². The van der Waals surface area contributed by atoms with Gasteiger partial charge in [-0.05, 0) is 12.3 Å². The van der Waals surface area contributed by atoms with Gasteiger partial charge in [0.1, 0.15) is 0 Å². The normalized spacial score (nSPS) is 24.9. The van der Waals surface area contributed by atoms with Crippen molar-refractivity contribution in [1.29, 1.82) is 0 Å². The molecule has 0 aromatic heterocycles. The Bertz CT molecular complexity index is 341. The van der Waals surface area contributed by atoms with Gasteiger partial charge in [0.05, 0.1) is 6.54 Å². The lowest BCUT2D eigenvalue weighted by molar-refractivity contribution is -0.154. The molecule has 0 aromatic rings. The van der Waals surface area contributed by atoms with Crippen LogP contribution in [0.3, 0.4) is 0 Å². The lowest BCUT2D eigenvalue weighted by atomic mass is 9.91. The Balaban J connectivity index is 2.63. The molecule has 1 rings (SSSR count). The quantitative estimate of drug-likeness (QED) is 0.812. The highest BCUT2D eigenvalue weighted by molar-refractivity contribution is 5.73. The van der Waals surface area contributed by atoms with E-state index in [1.165, 1.54) is 6.92 Å². The molecule has 0 radical (unpaired) electrons. The molecule has 1 aliphatic heterocycles. The molecule has 1 heterocycles. The Labute approximate surface area is 112 Å². The molecule has 0 aromatic carbocycles. The van der Waals surface area contributed by atoms with Gasteiger partial charge in [0, 0.05) is 32.5 Å². The van der Waals surface area contributed by atoms with Crippen LogP contribution >= 0.6 is 0 Å². The average Bonchev–Trinajstić information content (AvgIpc) is 2.22. The van der Waals surface area contributed by atoms with Crippen LogP contribution in [0.4, 0.5) is 26.3 Å². The Morgan fingerprint density at radius 2 is 1.75 bits per heavy atom. The molecule has 3 nitrogen and oxygen atoms in total. The summed E-state index contributed by atoms with van der Waals surface area (Å²) >= 11 is 0. The van der Waals surface area contributed by atoms with E-state index in [9.17, 15) is 31.1 Å². The number of carbonyl (C=O) groups excluding carboxylic acids is 1. The molecule has 1 N–H and O–H groups in total. The van der Waals surface area contributed by atoms with Gasteiger partial charge in [-0.15, -0.1) is 0 Å². The molecule has 1 amide bonds. The maximum absolute atomic E-state index is 12.4. The number of hydrogen-bond donors (Lipinski definition) is 1. The number of amides is 1. The van der Waals surface area contributed by atoms with Gasteiger partial charge in [-0.1, -0.05) is 0 Å². The number of nitrogens with one attached hydrogen (secondary N) is 1.